The number of hydrogen-bond donors (Lipinski definition) is 3. The first kappa shape index (κ1) is 22.6. The van der Waals surface area contributed by atoms with E-state index in [2.05, 4.69) is 27.8 Å². The SMILES string of the molecule is O=C(Nc1cccnc1C(=O)NC(C(=O)O)C1CCC1)OCC1c2ccccc2-c2ccccc21. The van der Waals surface area contributed by atoms with Crippen molar-refractivity contribution in [2.24, 2.45) is 5.92 Å². The van der Waals surface area contributed by atoms with Crippen LogP contribution in [0.2, 0.25) is 0 Å². The van der Waals surface area contributed by atoms with Gasteiger partial charge in [0.25, 0.3) is 5.91 Å². The molecule has 0 bridgehead atoms. The summed E-state index contributed by atoms with van der Waals surface area (Å²) in [7, 11) is 0. The largest absolute Gasteiger partial charge is 0.480 e. The van der Waals surface area contributed by atoms with Crippen molar-refractivity contribution in [1.82, 2.24) is 10.3 Å². The third-order valence-corrected chi connectivity index (χ3v) is 6.78. The average Bonchev–Trinajstić information content (AvgIpc) is 3.15. The molecule has 1 atom stereocenters. The van der Waals surface area contributed by atoms with E-state index in [0.29, 0.717) is 0 Å². The van der Waals surface area contributed by atoms with Gasteiger partial charge in [0.1, 0.15) is 12.6 Å². The number of rotatable bonds is 7. The topological polar surface area (TPSA) is 118 Å². The van der Waals surface area contributed by atoms with Crippen LogP contribution in [-0.2, 0) is 9.53 Å². The number of carbonyl (C=O) groups is 3. The van der Waals surface area contributed by atoms with Crippen LogP contribution in [-0.4, -0.2) is 40.7 Å². The first-order valence-corrected chi connectivity index (χ1v) is 11.6. The van der Waals surface area contributed by atoms with Crippen molar-refractivity contribution in [3.8, 4) is 11.1 Å². The Labute approximate surface area is 202 Å². The molecule has 0 spiro atoms. The molecule has 0 saturated heterocycles. The summed E-state index contributed by atoms with van der Waals surface area (Å²) in [5.74, 6) is -1.92. The zero-order valence-corrected chi connectivity index (χ0v) is 18.9. The van der Waals surface area contributed by atoms with Crippen molar-refractivity contribution in [2.45, 2.75) is 31.2 Å². The molecule has 8 heteroatoms. The fourth-order valence-corrected chi connectivity index (χ4v) is 4.80. The van der Waals surface area contributed by atoms with Gasteiger partial charge in [0, 0.05) is 12.1 Å². The maximum Gasteiger partial charge on any atom is 0.411 e. The minimum Gasteiger partial charge on any atom is -0.480 e. The standard InChI is InChI=1S/C27H25N3O5/c31-25(30-23(26(32)33)16-7-5-8-16)24-22(13-6-14-28-24)29-27(34)35-15-21-19-11-3-1-9-17(19)18-10-2-4-12-20(18)21/h1-4,6,9-14,16,21,23H,5,7-8,15H2,(H,29,34)(H,30,31)(H,32,33). The van der Waals surface area contributed by atoms with E-state index in [0.717, 1.165) is 41.5 Å². The number of benzene rings is 2. The number of ether oxygens (including phenoxy) is 1. The second-order valence-corrected chi connectivity index (χ2v) is 8.83. The summed E-state index contributed by atoms with van der Waals surface area (Å²) in [4.78, 5) is 41.2. The van der Waals surface area contributed by atoms with E-state index in [1.54, 1.807) is 6.07 Å². The Morgan fingerprint density at radius 1 is 0.971 bits per heavy atom. The molecule has 178 valence electrons. The summed E-state index contributed by atoms with van der Waals surface area (Å²) in [6.07, 6.45) is 3.15. The summed E-state index contributed by atoms with van der Waals surface area (Å²) < 4.78 is 5.56. The Bertz CT molecular complexity index is 1240. The number of carboxylic acids is 1. The van der Waals surface area contributed by atoms with E-state index < -0.39 is 24.0 Å². The van der Waals surface area contributed by atoms with Crippen molar-refractivity contribution in [3.63, 3.8) is 0 Å². The van der Waals surface area contributed by atoms with E-state index >= 15 is 0 Å². The first-order chi connectivity index (χ1) is 17.0. The molecule has 1 heterocycles. The predicted octanol–water partition coefficient (Wildman–Crippen LogP) is 4.43. The Kier molecular flexibility index (Phi) is 6.18. The van der Waals surface area contributed by atoms with Crippen molar-refractivity contribution >= 4 is 23.7 Å². The molecule has 1 aromatic heterocycles. The smallest absolute Gasteiger partial charge is 0.411 e. The van der Waals surface area contributed by atoms with Crippen LogP contribution in [0.1, 0.15) is 46.8 Å². The van der Waals surface area contributed by atoms with Crippen molar-refractivity contribution in [2.75, 3.05) is 11.9 Å². The predicted molar refractivity (Wildman–Crippen MR) is 129 cm³/mol. The second kappa shape index (κ2) is 9.58. The van der Waals surface area contributed by atoms with Crippen molar-refractivity contribution < 1.29 is 24.2 Å². The fraction of sp³-hybridized carbons (Fsp3) is 0.259. The van der Waals surface area contributed by atoms with Crippen LogP contribution in [0.5, 0.6) is 0 Å². The number of amides is 2. The molecular formula is C27H25N3O5. The lowest BCUT2D eigenvalue weighted by Gasteiger charge is -2.31. The summed E-state index contributed by atoms with van der Waals surface area (Å²) >= 11 is 0. The Hall–Kier alpha value is -4.20. The van der Waals surface area contributed by atoms with Crippen LogP contribution >= 0.6 is 0 Å². The number of carboxylic acid groups (broad SMARTS) is 1. The minimum atomic E-state index is -1.08. The Balaban J connectivity index is 1.27. The molecule has 2 aromatic carbocycles. The summed E-state index contributed by atoms with van der Waals surface area (Å²) in [6, 6.07) is 18.2. The molecule has 1 fully saturated rings. The maximum absolute atomic E-state index is 12.8. The number of anilines is 1. The van der Waals surface area contributed by atoms with E-state index in [-0.39, 0.29) is 29.8 Å². The summed E-state index contributed by atoms with van der Waals surface area (Å²) in [6.45, 7) is 0.129. The van der Waals surface area contributed by atoms with Gasteiger partial charge in [-0.15, -0.1) is 0 Å². The van der Waals surface area contributed by atoms with Crippen molar-refractivity contribution in [1.29, 1.82) is 0 Å². The highest BCUT2D eigenvalue weighted by molar-refractivity contribution is 6.02. The molecule has 5 rings (SSSR count). The van der Waals surface area contributed by atoms with E-state index in [1.165, 1.54) is 12.3 Å². The van der Waals surface area contributed by atoms with Gasteiger partial charge >= 0.3 is 12.1 Å². The lowest BCUT2D eigenvalue weighted by Crippen LogP contribution is -2.48. The summed E-state index contributed by atoms with van der Waals surface area (Å²) in [5.41, 5.74) is 4.54. The normalized spacial score (nSPS) is 15.3. The van der Waals surface area contributed by atoms with Gasteiger partial charge in [0.2, 0.25) is 0 Å². The minimum absolute atomic E-state index is 0.0634. The molecule has 8 nitrogen and oxygen atoms in total. The monoisotopic (exact) mass is 471 g/mol. The first-order valence-electron chi connectivity index (χ1n) is 11.6. The van der Waals surface area contributed by atoms with Gasteiger partial charge in [-0.2, -0.15) is 0 Å². The van der Waals surface area contributed by atoms with E-state index in [9.17, 15) is 19.5 Å². The van der Waals surface area contributed by atoms with Crippen LogP contribution in [0.4, 0.5) is 10.5 Å². The van der Waals surface area contributed by atoms with E-state index in [4.69, 9.17) is 4.74 Å². The number of aliphatic carboxylic acids is 1. The molecule has 2 aliphatic rings. The fourth-order valence-electron chi connectivity index (χ4n) is 4.80. The highest BCUT2D eigenvalue weighted by Gasteiger charge is 2.35. The Morgan fingerprint density at radius 3 is 2.23 bits per heavy atom. The Morgan fingerprint density at radius 2 is 1.63 bits per heavy atom. The molecule has 0 radical (unpaired) electrons. The van der Waals surface area contributed by atoms with Crippen LogP contribution in [0.3, 0.4) is 0 Å². The molecule has 3 N–H and O–H groups in total. The molecule has 1 saturated carbocycles. The maximum atomic E-state index is 12.8. The van der Waals surface area contributed by atoms with Gasteiger partial charge < -0.3 is 15.2 Å². The van der Waals surface area contributed by atoms with Crippen LogP contribution in [0.25, 0.3) is 11.1 Å². The molecule has 1 unspecified atom stereocenters. The number of fused-ring (bicyclic) bond motifs is 3. The number of aromatic nitrogens is 1. The molecule has 0 aliphatic heterocycles. The third-order valence-electron chi connectivity index (χ3n) is 6.78. The second-order valence-electron chi connectivity index (χ2n) is 8.83. The number of pyridine rings is 1. The molecule has 35 heavy (non-hydrogen) atoms. The van der Waals surface area contributed by atoms with Gasteiger partial charge in [0.05, 0.1) is 5.69 Å². The molecular weight excluding hydrogens is 446 g/mol. The highest BCUT2D eigenvalue weighted by Crippen LogP contribution is 2.44. The zero-order valence-electron chi connectivity index (χ0n) is 18.9. The average molecular weight is 472 g/mol. The van der Waals surface area contributed by atoms with Gasteiger partial charge in [-0.05, 0) is 53.1 Å². The third kappa shape index (κ3) is 4.47. The highest BCUT2D eigenvalue weighted by atomic mass is 16.5. The summed E-state index contributed by atoms with van der Waals surface area (Å²) in [5, 5.41) is 14.7. The lowest BCUT2D eigenvalue weighted by atomic mass is 9.79. The molecule has 3 aromatic rings. The quantitative estimate of drug-likeness (QED) is 0.469. The van der Waals surface area contributed by atoms with Crippen LogP contribution < -0.4 is 10.6 Å². The van der Waals surface area contributed by atoms with Crippen LogP contribution in [0.15, 0.2) is 66.9 Å². The van der Waals surface area contributed by atoms with Gasteiger partial charge in [-0.25, -0.2) is 14.6 Å². The number of carbonyl (C=O) groups excluding carboxylic acids is 2. The van der Waals surface area contributed by atoms with Gasteiger partial charge in [0.15, 0.2) is 5.69 Å². The van der Waals surface area contributed by atoms with Gasteiger partial charge in [-0.1, -0.05) is 55.0 Å². The lowest BCUT2D eigenvalue weighted by molar-refractivity contribution is -0.141. The zero-order chi connectivity index (χ0) is 24.4. The number of nitrogens with one attached hydrogen (secondary N) is 2. The number of nitrogens with zero attached hydrogens (tertiary/aromatic N) is 1. The molecule has 2 amide bonds. The molecule has 2 aliphatic carbocycles. The van der Waals surface area contributed by atoms with Crippen LogP contribution in [0, 0.1) is 5.92 Å². The number of hydrogen-bond acceptors (Lipinski definition) is 5. The van der Waals surface area contributed by atoms with Crippen molar-refractivity contribution in [3.05, 3.63) is 83.7 Å². The van der Waals surface area contributed by atoms with Gasteiger partial charge in [-0.3, -0.25) is 10.1 Å². The van der Waals surface area contributed by atoms with E-state index in [1.807, 2.05) is 36.4 Å².